The van der Waals surface area contributed by atoms with Crippen molar-refractivity contribution in [2.24, 2.45) is 0 Å². The fraction of sp³-hybridized carbons (Fsp3) is 0.460. The van der Waals surface area contributed by atoms with Crippen molar-refractivity contribution >= 4 is 0 Å². The molecule has 0 heteroatoms. The number of benzene rings is 9. The zero-order valence-electron chi connectivity index (χ0n) is 71.5. The van der Waals surface area contributed by atoms with Crippen LogP contribution in [0, 0.1) is 125 Å². The largest absolute Gasteiger partial charge is 0.0620 e. The zero-order valence-corrected chi connectivity index (χ0v) is 71.5. The molecular formula is C100H146. The Kier molecular flexibility index (Phi) is 38.0. The maximum atomic E-state index is 2.37. The lowest BCUT2D eigenvalue weighted by molar-refractivity contribution is 0.566. The second kappa shape index (κ2) is 41.8. The first-order valence-electron chi connectivity index (χ1n) is 37.5. The Bertz CT molecular complexity index is 3800. The summed E-state index contributed by atoms with van der Waals surface area (Å²) in [4.78, 5) is 0. The lowest BCUT2D eigenvalue weighted by atomic mass is 9.79. The van der Waals surface area contributed by atoms with Crippen molar-refractivity contribution in [1.82, 2.24) is 0 Å². The topological polar surface area (TPSA) is 0 Å². The van der Waals surface area contributed by atoms with Crippen LogP contribution in [-0.2, 0) is 21.7 Å². The highest BCUT2D eigenvalue weighted by atomic mass is 14.3. The summed E-state index contributed by atoms with van der Waals surface area (Å²) in [6.45, 7) is 84.0. The normalized spacial score (nSPS) is 11.1. The first-order chi connectivity index (χ1) is 45.9. The molecule has 0 atom stereocenters. The molecule has 0 saturated carbocycles. The lowest BCUT2D eigenvalue weighted by Crippen LogP contribution is -2.17. The number of aryl methyl sites for hydroxylation is 16. The van der Waals surface area contributed by atoms with E-state index in [1.807, 2.05) is 0 Å². The van der Waals surface area contributed by atoms with Crippen molar-refractivity contribution in [3.05, 3.63) is 315 Å². The molecule has 0 spiro atoms. The van der Waals surface area contributed by atoms with Crippen LogP contribution in [0.15, 0.2) is 170 Å². The van der Waals surface area contributed by atoms with Gasteiger partial charge in [0.1, 0.15) is 0 Å². The fourth-order valence-corrected chi connectivity index (χ4v) is 12.4. The molecule has 100 heavy (non-hydrogen) atoms. The van der Waals surface area contributed by atoms with E-state index >= 15 is 0 Å². The fourth-order valence-electron chi connectivity index (χ4n) is 12.4. The molecule has 0 heterocycles. The van der Waals surface area contributed by atoms with E-state index in [1.54, 1.807) is 0 Å². The van der Waals surface area contributed by atoms with Crippen LogP contribution >= 0.6 is 0 Å². The predicted octanol–water partition coefficient (Wildman–Crippen LogP) is 30.4. The summed E-state index contributed by atoms with van der Waals surface area (Å²) in [6.07, 6.45) is 0. The molecule has 0 aliphatic rings. The van der Waals surface area contributed by atoms with Gasteiger partial charge in [-0.15, -0.1) is 0 Å². The van der Waals surface area contributed by atoms with Crippen molar-refractivity contribution in [2.75, 3.05) is 0 Å². The zero-order chi connectivity index (χ0) is 77.1. The van der Waals surface area contributed by atoms with E-state index in [0.717, 1.165) is 0 Å². The summed E-state index contributed by atoms with van der Waals surface area (Å²) in [5.41, 5.74) is 37.7. The molecule has 9 aromatic rings. The van der Waals surface area contributed by atoms with Crippen molar-refractivity contribution in [1.29, 1.82) is 0 Å². The van der Waals surface area contributed by atoms with Gasteiger partial charge in [0.05, 0.1) is 0 Å². The van der Waals surface area contributed by atoms with Crippen molar-refractivity contribution in [2.45, 2.75) is 308 Å². The van der Waals surface area contributed by atoms with Gasteiger partial charge in [0.2, 0.25) is 0 Å². The molecule has 0 saturated heterocycles. The molecule has 546 valence electrons. The highest BCUT2D eigenvalue weighted by Gasteiger charge is 2.21. The molecule has 0 aromatic heterocycles. The summed E-state index contributed by atoms with van der Waals surface area (Å²) in [5, 5.41) is 0. The van der Waals surface area contributed by atoms with Gasteiger partial charge in [-0.3, -0.25) is 0 Å². The Morgan fingerprint density at radius 1 is 0.190 bits per heavy atom. The molecule has 0 fully saturated rings. The molecule has 9 aromatic carbocycles. The number of hydrogen-bond donors (Lipinski definition) is 0. The standard InChI is InChI=1S/C15H24.C14H22.C12H18.2C11H16.2C10H14.C9H12.C8H10/c1-11-8-9-12(14(2,3)4)10-13(11)15(5,6)7;1-9(2)13-7-11(5)8-14(10(3)4)12(13)6;1-9-6-7-10(2)11(8-9)12(3,4)5;1-8(2)11-7-9(3)5-6-10(11)4;1-9-7-5-6-8-10(9)11(2,3)4;1-7-5-8(2)10(4)9(3)6-7;1-8(2)10-7-5-4-6-9(10)3;1-7-4-5-8(2)9(3)6-7;1-7-3-5-8(2)6-4-7/h8-10H,1-7H3;7-10H,1-6H3;6-8H,1-5H3;2*5-8H,1-4H3;5-6H,1-4H3;4-8H,1-3H3;4-6H,1-3H3;3-6H,1-2H3. The first kappa shape index (κ1) is 91.0. The molecule has 0 unspecified atom stereocenters. The first-order valence-corrected chi connectivity index (χ1v) is 37.5. The third-order valence-corrected chi connectivity index (χ3v) is 18.8. The Balaban J connectivity index is 0.000000565. The van der Waals surface area contributed by atoms with Crippen LogP contribution in [0.4, 0.5) is 0 Å². The quantitative estimate of drug-likeness (QED) is 0.165. The Morgan fingerprint density at radius 2 is 0.490 bits per heavy atom. The second-order valence-electron chi connectivity index (χ2n) is 34.3. The highest BCUT2D eigenvalue weighted by Crippen LogP contribution is 2.33. The molecule has 9 rings (SSSR count). The summed E-state index contributed by atoms with van der Waals surface area (Å²) in [6, 6.07) is 61.4. The van der Waals surface area contributed by atoms with E-state index in [1.165, 1.54) is 145 Å². The molecular weight excluding hydrogens is 1200 g/mol. The van der Waals surface area contributed by atoms with Gasteiger partial charge in [-0.2, -0.15) is 0 Å². The number of hydrogen-bond acceptors (Lipinski definition) is 0. The highest BCUT2D eigenvalue weighted by molar-refractivity contribution is 5.43. The third kappa shape index (κ3) is 33.2. The molecule has 0 amide bonds. The molecule has 0 aliphatic carbocycles. The van der Waals surface area contributed by atoms with Crippen molar-refractivity contribution < 1.29 is 0 Å². The van der Waals surface area contributed by atoms with Crippen molar-refractivity contribution in [3.8, 4) is 0 Å². The van der Waals surface area contributed by atoms with E-state index in [0.29, 0.717) is 23.7 Å². The minimum absolute atomic E-state index is 0.241. The van der Waals surface area contributed by atoms with Crippen LogP contribution in [-0.4, -0.2) is 0 Å². The summed E-state index contributed by atoms with van der Waals surface area (Å²) < 4.78 is 0. The van der Waals surface area contributed by atoms with Gasteiger partial charge in [-0.1, -0.05) is 347 Å². The van der Waals surface area contributed by atoms with E-state index in [-0.39, 0.29) is 21.7 Å². The van der Waals surface area contributed by atoms with Crippen molar-refractivity contribution in [3.63, 3.8) is 0 Å². The van der Waals surface area contributed by atoms with Gasteiger partial charge in [-0.05, 0) is 276 Å². The van der Waals surface area contributed by atoms with Crippen LogP contribution in [0.2, 0.25) is 0 Å². The van der Waals surface area contributed by atoms with Gasteiger partial charge < -0.3 is 0 Å². The minimum Gasteiger partial charge on any atom is -0.0620 e. The van der Waals surface area contributed by atoms with E-state index < -0.39 is 0 Å². The second-order valence-corrected chi connectivity index (χ2v) is 34.3. The van der Waals surface area contributed by atoms with Crippen LogP contribution in [0.3, 0.4) is 0 Å². The average Bonchev–Trinajstić information content (AvgIpc) is 0.815. The summed E-state index contributed by atoms with van der Waals surface area (Å²) in [5.74, 6) is 2.57. The van der Waals surface area contributed by atoms with Crippen LogP contribution < -0.4 is 0 Å². The van der Waals surface area contributed by atoms with E-state index in [4.69, 9.17) is 0 Å². The summed E-state index contributed by atoms with van der Waals surface area (Å²) in [7, 11) is 0. The van der Waals surface area contributed by atoms with Gasteiger partial charge in [0.15, 0.2) is 0 Å². The lowest BCUT2D eigenvalue weighted by Gasteiger charge is -2.26. The minimum atomic E-state index is 0.241. The third-order valence-electron chi connectivity index (χ3n) is 18.8. The maximum Gasteiger partial charge on any atom is -0.0129 e. The van der Waals surface area contributed by atoms with Crippen LogP contribution in [0.25, 0.3) is 0 Å². The monoisotopic (exact) mass is 1350 g/mol. The van der Waals surface area contributed by atoms with Gasteiger partial charge >= 0.3 is 0 Å². The molecule has 0 nitrogen and oxygen atoms in total. The molecule has 0 N–H and O–H groups in total. The smallest absolute Gasteiger partial charge is 0.0129 e. The Morgan fingerprint density at radius 3 is 0.830 bits per heavy atom. The Labute approximate surface area is 619 Å². The molecule has 0 radical (unpaired) electrons. The van der Waals surface area contributed by atoms with Gasteiger partial charge in [0, 0.05) is 0 Å². The van der Waals surface area contributed by atoms with E-state index in [2.05, 4.69) is 433 Å². The van der Waals surface area contributed by atoms with Crippen LogP contribution in [0.5, 0.6) is 0 Å². The van der Waals surface area contributed by atoms with Gasteiger partial charge in [-0.25, -0.2) is 0 Å². The SMILES string of the molecule is Cc1cc(C(C)C)c(C)c(C(C)C)c1.Cc1cc(C)c(C)c(C)c1.Cc1ccc(C(C)(C)C)cc1C(C)(C)C.Cc1ccc(C)c(C(C)(C)C)c1.Cc1ccc(C)c(C(C)C)c1.Cc1ccc(C)c(C)c1.Cc1ccc(C)cc1.Cc1ccccc1C(C)(C)C.Cc1ccccc1C(C)C. The predicted molar refractivity (Wildman–Crippen MR) is 454 cm³/mol. The average molecular weight is 1350 g/mol. The molecule has 0 aliphatic heterocycles. The van der Waals surface area contributed by atoms with Gasteiger partial charge in [0.25, 0.3) is 0 Å². The van der Waals surface area contributed by atoms with Crippen LogP contribution in [0.1, 0.15) is 307 Å². The maximum absolute atomic E-state index is 2.37. The van der Waals surface area contributed by atoms with E-state index in [9.17, 15) is 0 Å². The summed E-state index contributed by atoms with van der Waals surface area (Å²) >= 11 is 0. The Hall–Kier alpha value is -7.02. The number of rotatable bonds is 4. The molecule has 0 bridgehead atoms.